The van der Waals surface area contributed by atoms with Gasteiger partial charge in [0.25, 0.3) is 5.91 Å². The van der Waals surface area contributed by atoms with Crippen molar-refractivity contribution in [2.45, 2.75) is 32.0 Å². The van der Waals surface area contributed by atoms with E-state index < -0.39 is 48.1 Å². The summed E-state index contributed by atoms with van der Waals surface area (Å²) >= 11 is 0. The largest absolute Gasteiger partial charge is 0.493 e. The number of nitrogens with two attached hydrogens (primary N) is 1. The van der Waals surface area contributed by atoms with Gasteiger partial charge in [0.1, 0.15) is 17.3 Å². The summed E-state index contributed by atoms with van der Waals surface area (Å²) in [5.41, 5.74) is 0.492. The van der Waals surface area contributed by atoms with E-state index in [4.69, 9.17) is 19.9 Å². The van der Waals surface area contributed by atoms with Crippen LogP contribution in [-0.4, -0.2) is 54.9 Å². The van der Waals surface area contributed by atoms with Gasteiger partial charge in [-0.2, -0.15) is 13.2 Å². The fourth-order valence-corrected chi connectivity index (χ4v) is 3.96. The van der Waals surface area contributed by atoms with E-state index in [-0.39, 0.29) is 40.5 Å². The van der Waals surface area contributed by atoms with Crippen LogP contribution in [0.4, 0.5) is 17.6 Å². The van der Waals surface area contributed by atoms with Crippen molar-refractivity contribution in [2.24, 2.45) is 5.73 Å². The third kappa shape index (κ3) is 7.04. The minimum absolute atomic E-state index is 0.0477. The summed E-state index contributed by atoms with van der Waals surface area (Å²) in [6.45, 7) is 2.36. The lowest BCUT2D eigenvalue weighted by molar-refractivity contribution is -0.265. The van der Waals surface area contributed by atoms with Gasteiger partial charge in [-0.25, -0.2) is 9.37 Å². The number of aliphatic hydroxyl groups is 1. The van der Waals surface area contributed by atoms with Crippen molar-refractivity contribution < 1.29 is 46.5 Å². The molecular weight excluding hydrogens is 550 g/mol. The highest BCUT2D eigenvalue weighted by atomic mass is 19.4. The number of hydrogen-bond donors (Lipinski definition) is 3. The number of amides is 2. The zero-order chi connectivity index (χ0) is 30.4. The number of primary amides is 1. The molecule has 1 atom stereocenters. The molecule has 41 heavy (non-hydrogen) atoms. The van der Waals surface area contributed by atoms with Crippen LogP contribution in [0.2, 0.25) is 0 Å². The molecule has 3 aromatic rings. The molecule has 0 aliphatic rings. The number of carbonyl (C=O) groups excluding carboxylic acids is 2. The minimum Gasteiger partial charge on any atom is -0.493 e. The Morgan fingerprint density at radius 1 is 1.00 bits per heavy atom. The predicted molar refractivity (Wildman–Crippen MR) is 140 cm³/mol. The quantitative estimate of drug-likeness (QED) is 0.277. The number of rotatable bonds is 12. The summed E-state index contributed by atoms with van der Waals surface area (Å²) in [5.74, 6) is -2.00. The van der Waals surface area contributed by atoms with Gasteiger partial charge in [-0.05, 0) is 62.4 Å². The molecule has 0 spiro atoms. The van der Waals surface area contributed by atoms with E-state index >= 15 is 0 Å². The van der Waals surface area contributed by atoms with Gasteiger partial charge in [0.2, 0.25) is 11.5 Å². The van der Waals surface area contributed by atoms with E-state index in [0.29, 0.717) is 12.4 Å². The maximum Gasteiger partial charge on any atom is 0.424 e. The number of carbonyl (C=O) groups is 2. The van der Waals surface area contributed by atoms with E-state index in [2.05, 4.69) is 10.3 Å². The van der Waals surface area contributed by atoms with Crippen molar-refractivity contribution in [2.75, 3.05) is 26.9 Å². The molecule has 9 nitrogen and oxygen atoms in total. The van der Waals surface area contributed by atoms with Gasteiger partial charge in [0.05, 0.1) is 39.0 Å². The fraction of sp³-hybridized carbons (Fsp3) is 0.321. The molecule has 0 aliphatic carbocycles. The molecular formula is C28H29F4N3O6. The standard InChI is InChI=1S/C28H29F4N3O6/c1-4-40-20-11-8-17(12-21(20)39-3)26(37)34-15-27(38,28(30,31)32)22-13-18(14-23(33)36)25(41-5-2)24(35-22)16-6-9-19(29)10-7-16/h6-13,38H,4-5,14-15H2,1-3H3,(H2,33,36)(H,34,37)/t27-/m0/s1. The van der Waals surface area contributed by atoms with E-state index in [1.807, 2.05) is 0 Å². The summed E-state index contributed by atoms with van der Waals surface area (Å²) < 4.78 is 73.2. The molecule has 0 saturated carbocycles. The molecule has 0 unspecified atom stereocenters. The molecule has 0 aliphatic heterocycles. The van der Waals surface area contributed by atoms with Crippen LogP contribution in [0.3, 0.4) is 0 Å². The number of nitrogens with zero attached hydrogens (tertiary/aromatic N) is 1. The zero-order valence-corrected chi connectivity index (χ0v) is 22.5. The Hall–Kier alpha value is -4.39. The van der Waals surface area contributed by atoms with E-state index in [9.17, 15) is 32.3 Å². The number of methoxy groups -OCH3 is 1. The van der Waals surface area contributed by atoms with Crippen LogP contribution in [-0.2, 0) is 16.8 Å². The topological polar surface area (TPSA) is 133 Å². The number of ether oxygens (including phenoxy) is 3. The number of halogens is 4. The van der Waals surface area contributed by atoms with Gasteiger partial charge in [-0.1, -0.05) is 0 Å². The van der Waals surface area contributed by atoms with Crippen LogP contribution >= 0.6 is 0 Å². The van der Waals surface area contributed by atoms with Gasteiger partial charge < -0.3 is 30.4 Å². The molecule has 0 fully saturated rings. The molecule has 1 aromatic heterocycles. The maximum absolute atomic E-state index is 14.5. The highest BCUT2D eigenvalue weighted by Crippen LogP contribution is 2.42. The normalized spacial score (nSPS) is 12.8. The van der Waals surface area contributed by atoms with Crippen molar-refractivity contribution in [3.8, 4) is 28.5 Å². The molecule has 0 bridgehead atoms. The Balaban J connectivity index is 2.10. The summed E-state index contributed by atoms with van der Waals surface area (Å²) in [7, 11) is 1.34. The number of pyridine rings is 1. The lowest BCUT2D eigenvalue weighted by Gasteiger charge is -2.31. The first-order chi connectivity index (χ1) is 19.3. The highest BCUT2D eigenvalue weighted by molar-refractivity contribution is 5.95. The van der Waals surface area contributed by atoms with Crippen molar-refractivity contribution in [1.29, 1.82) is 0 Å². The fourth-order valence-electron chi connectivity index (χ4n) is 3.96. The highest BCUT2D eigenvalue weighted by Gasteiger charge is 2.56. The molecule has 220 valence electrons. The molecule has 2 amide bonds. The van der Waals surface area contributed by atoms with Crippen molar-refractivity contribution in [1.82, 2.24) is 10.3 Å². The van der Waals surface area contributed by atoms with Crippen LogP contribution in [0.5, 0.6) is 17.2 Å². The smallest absolute Gasteiger partial charge is 0.424 e. The van der Waals surface area contributed by atoms with E-state index in [1.165, 1.54) is 37.4 Å². The number of aromatic nitrogens is 1. The van der Waals surface area contributed by atoms with Crippen LogP contribution in [0.15, 0.2) is 48.5 Å². The number of benzene rings is 2. The molecule has 0 saturated heterocycles. The average molecular weight is 580 g/mol. The van der Waals surface area contributed by atoms with E-state index in [0.717, 1.165) is 18.2 Å². The van der Waals surface area contributed by atoms with Crippen LogP contribution in [0, 0.1) is 5.82 Å². The van der Waals surface area contributed by atoms with Crippen LogP contribution in [0.1, 0.15) is 35.5 Å². The second-order valence-electron chi connectivity index (χ2n) is 8.77. The Morgan fingerprint density at radius 3 is 2.22 bits per heavy atom. The summed E-state index contributed by atoms with van der Waals surface area (Å²) in [4.78, 5) is 28.7. The molecule has 4 N–H and O–H groups in total. The monoisotopic (exact) mass is 579 g/mol. The minimum atomic E-state index is -5.35. The molecule has 1 heterocycles. The number of nitrogens with one attached hydrogen (secondary N) is 1. The predicted octanol–water partition coefficient (Wildman–Crippen LogP) is 3.90. The summed E-state index contributed by atoms with van der Waals surface area (Å²) in [6, 6.07) is 9.51. The zero-order valence-electron chi connectivity index (χ0n) is 22.5. The first kappa shape index (κ1) is 31.1. The molecule has 13 heteroatoms. The summed E-state index contributed by atoms with van der Waals surface area (Å²) in [6.07, 6.45) is -5.90. The second-order valence-corrected chi connectivity index (χ2v) is 8.77. The maximum atomic E-state index is 14.5. The van der Waals surface area contributed by atoms with Gasteiger partial charge in [-0.15, -0.1) is 0 Å². The third-order valence-electron chi connectivity index (χ3n) is 5.94. The first-order valence-electron chi connectivity index (χ1n) is 12.4. The first-order valence-corrected chi connectivity index (χ1v) is 12.4. The molecule has 3 rings (SSSR count). The lowest BCUT2D eigenvalue weighted by Crippen LogP contribution is -2.51. The Kier molecular flexibility index (Phi) is 9.76. The average Bonchev–Trinajstić information content (AvgIpc) is 2.92. The number of alkyl halides is 3. The van der Waals surface area contributed by atoms with Gasteiger partial charge in [0.15, 0.2) is 11.5 Å². The van der Waals surface area contributed by atoms with E-state index in [1.54, 1.807) is 13.8 Å². The van der Waals surface area contributed by atoms with Crippen molar-refractivity contribution in [3.05, 3.63) is 71.2 Å². The lowest BCUT2D eigenvalue weighted by atomic mass is 9.93. The third-order valence-corrected chi connectivity index (χ3v) is 5.94. The SMILES string of the molecule is CCOc1ccc(C(=O)NC[C@](O)(c2cc(CC(N)=O)c(OCC)c(-c3ccc(F)cc3)n2)C(F)(F)F)cc1OC. The number of hydrogen-bond acceptors (Lipinski definition) is 7. The Morgan fingerprint density at radius 2 is 1.66 bits per heavy atom. The Bertz CT molecular complexity index is 1400. The summed E-state index contributed by atoms with van der Waals surface area (Å²) in [5, 5.41) is 13.2. The van der Waals surface area contributed by atoms with Gasteiger partial charge in [0, 0.05) is 16.7 Å². The van der Waals surface area contributed by atoms with Crippen molar-refractivity contribution in [3.63, 3.8) is 0 Å². The Labute approximate surface area is 233 Å². The molecule has 2 aromatic carbocycles. The molecule has 0 radical (unpaired) electrons. The van der Waals surface area contributed by atoms with Gasteiger partial charge in [-0.3, -0.25) is 9.59 Å². The van der Waals surface area contributed by atoms with Crippen LogP contribution < -0.4 is 25.3 Å². The van der Waals surface area contributed by atoms with Crippen molar-refractivity contribution >= 4 is 11.8 Å². The van der Waals surface area contributed by atoms with Gasteiger partial charge >= 0.3 is 6.18 Å². The van der Waals surface area contributed by atoms with Crippen LogP contribution in [0.25, 0.3) is 11.3 Å². The second kappa shape index (κ2) is 12.9.